The maximum absolute atomic E-state index is 6.31. The van der Waals surface area contributed by atoms with Gasteiger partial charge in [0.25, 0.3) is 0 Å². The van der Waals surface area contributed by atoms with E-state index in [0.29, 0.717) is 12.0 Å². The molecule has 3 aliphatic rings. The van der Waals surface area contributed by atoms with Crippen molar-refractivity contribution in [2.24, 2.45) is 10.9 Å². The monoisotopic (exact) mass is 549 g/mol. The van der Waals surface area contributed by atoms with Gasteiger partial charge in [-0.1, -0.05) is 36.0 Å². The molecular formula is C31H37Cl2N5. The molecule has 1 saturated carbocycles. The van der Waals surface area contributed by atoms with E-state index in [1.165, 1.54) is 72.1 Å². The van der Waals surface area contributed by atoms with Crippen LogP contribution in [0.25, 0.3) is 10.9 Å². The van der Waals surface area contributed by atoms with Gasteiger partial charge in [0, 0.05) is 75.4 Å². The predicted octanol–water partition coefficient (Wildman–Crippen LogP) is 7.24. The topological polar surface area (TPSA) is 52.5 Å². The largest absolute Gasteiger partial charge is 0.383 e. The molecule has 1 aliphatic heterocycles. The Balaban J connectivity index is 1.11. The molecule has 2 atom stereocenters. The lowest BCUT2D eigenvalue weighted by Crippen LogP contribution is -2.42. The lowest BCUT2D eigenvalue weighted by Gasteiger charge is -2.39. The smallest absolute Gasteiger partial charge is 0.0741 e. The van der Waals surface area contributed by atoms with Crippen LogP contribution in [0.5, 0.6) is 0 Å². The van der Waals surface area contributed by atoms with Crippen LogP contribution in [0.1, 0.15) is 55.3 Å². The SMILES string of the molecule is CN(CCN=C1c2ccc(Cl)cc2NC2CCCCC12)CCNc1c2c(nc3cc(Cl)ccc13)CCCC2. The molecule has 38 heavy (non-hydrogen) atoms. The Hall–Kier alpha value is -2.34. The third kappa shape index (κ3) is 5.38. The first-order valence-corrected chi connectivity index (χ1v) is 15.0. The van der Waals surface area contributed by atoms with Crippen LogP contribution in [0.2, 0.25) is 10.0 Å². The molecule has 7 heteroatoms. The number of aryl methyl sites for hydroxylation is 1. The zero-order valence-electron chi connectivity index (χ0n) is 22.2. The van der Waals surface area contributed by atoms with E-state index >= 15 is 0 Å². The minimum atomic E-state index is 0.478. The number of halogens is 2. The molecule has 1 fully saturated rings. The molecule has 1 aromatic heterocycles. The third-order valence-electron chi connectivity index (χ3n) is 8.50. The minimum absolute atomic E-state index is 0.478. The second kappa shape index (κ2) is 11.4. The summed E-state index contributed by atoms with van der Waals surface area (Å²) in [7, 11) is 2.20. The van der Waals surface area contributed by atoms with Crippen molar-refractivity contribution in [3.8, 4) is 0 Å². The lowest BCUT2D eigenvalue weighted by atomic mass is 9.76. The fourth-order valence-electron chi connectivity index (χ4n) is 6.52. The van der Waals surface area contributed by atoms with Crippen LogP contribution in [0.15, 0.2) is 41.4 Å². The minimum Gasteiger partial charge on any atom is -0.383 e. The maximum Gasteiger partial charge on any atom is 0.0741 e. The zero-order chi connectivity index (χ0) is 26.1. The molecule has 2 aromatic carbocycles. The second-order valence-corrected chi connectivity index (χ2v) is 12.0. The third-order valence-corrected chi connectivity index (χ3v) is 8.97. The first-order chi connectivity index (χ1) is 18.6. The molecule has 0 bridgehead atoms. The van der Waals surface area contributed by atoms with Crippen LogP contribution in [0.3, 0.4) is 0 Å². The van der Waals surface area contributed by atoms with Crippen molar-refractivity contribution >= 4 is 51.2 Å². The van der Waals surface area contributed by atoms with E-state index in [0.717, 1.165) is 60.3 Å². The number of rotatable bonds is 7. The number of hydrogen-bond acceptors (Lipinski definition) is 5. The second-order valence-electron chi connectivity index (χ2n) is 11.1. The summed E-state index contributed by atoms with van der Waals surface area (Å²) in [5, 5.41) is 10.2. The number of benzene rings is 2. The molecule has 2 heterocycles. The van der Waals surface area contributed by atoms with Crippen LogP contribution in [-0.4, -0.2) is 54.9 Å². The van der Waals surface area contributed by atoms with Crippen molar-refractivity contribution in [3.63, 3.8) is 0 Å². The van der Waals surface area contributed by atoms with Gasteiger partial charge in [0.15, 0.2) is 0 Å². The Morgan fingerprint density at radius 3 is 2.74 bits per heavy atom. The highest BCUT2D eigenvalue weighted by atomic mass is 35.5. The Bertz CT molecular complexity index is 1350. The highest BCUT2D eigenvalue weighted by molar-refractivity contribution is 6.31. The predicted molar refractivity (Wildman–Crippen MR) is 162 cm³/mol. The number of nitrogens with zero attached hydrogens (tertiary/aromatic N) is 3. The Labute approximate surface area is 236 Å². The number of nitrogens with one attached hydrogen (secondary N) is 2. The summed E-state index contributed by atoms with van der Waals surface area (Å²) in [5.41, 5.74) is 8.54. The van der Waals surface area contributed by atoms with E-state index < -0.39 is 0 Å². The van der Waals surface area contributed by atoms with Crippen molar-refractivity contribution in [2.45, 2.75) is 57.4 Å². The van der Waals surface area contributed by atoms with Crippen molar-refractivity contribution in [2.75, 3.05) is 43.9 Å². The molecule has 0 spiro atoms. The van der Waals surface area contributed by atoms with Crippen LogP contribution >= 0.6 is 23.2 Å². The van der Waals surface area contributed by atoms with Gasteiger partial charge in [0.2, 0.25) is 0 Å². The van der Waals surface area contributed by atoms with Crippen molar-refractivity contribution in [3.05, 3.63) is 63.3 Å². The molecule has 200 valence electrons. The molecular weight excluding hydrogens is 513 g/mol. The van der Waals surface area contributed by atoms with Crippen LogP contribution in [-0.2, 0) is 12.8 Å². The molecule has 0 amide bonds. The standard InChI is InChI=1S/C31H37Cl2N5/c1-38(16-14-34-30-22-6-2-4-8-26(22)36-28-18-20(32)10-12-24(28)30)17-15-35-31-23-7-3-5-9-27(23)37-29-19-21(33)11-13-25(29)31/h10-13,18-19,22,26,36H,2-9,14-17H2,1H3,(H,35,37). The summed E-state index contributed by atoms with van der Waals surface area (Å²) < 4.78 is 0. The van der Waals surface area contributed by atoms with Gasteiger partial charge in [0.1, 0.15) is 0 Å². The summed E-state index contributed by atoms with van der Waals surface area (Å²) >= 11 is 12.6. The zero-order valence-corrected chi connectivity index (χ0v) is 23.7. The summed E-state index contributed by atoms with van der Waals surface area (Å²) in [6.07, 6.45) is 9.60. The number of likely N-dealkylation sites (N-methyl/N-ethyl adjacent to an activating group) is 1. The maximum atomic E-state index is 6.31. The number of aromatic nitrogens is 1. The summed E-state index contributed by atoms with van der Waals surface area (Å²) in [5.74, 6) is 0.504. The quantitative estimate of drug-likeness (QED) is 0.326. The molecule has 0 radical (unpaired) electrons. The van der Waals surface area contributed by atoms with E-state index in [4.69, 9.17) is 33.2 Å². The van der Waals surface area contributed by atoms with Gasteiger partial charge in [-0.3, -0.25) is 9.98 Å². The number of fused-ring (bicyclic) bond motifs is 4. The first kappa shape index (κ1) is 25.9. The van der Waals surface area contributed by atoms with E-state index in [-0.39, 0.29) is 0 Å². The Kier molecular flexibility index (Phi) is 7.78. The van der Waals surface area contributed by atoms with E-state index in [2.05, 4.69) is 40.8 Å². The first-order valence-electron chi connectivity index (χ1n) is 14.2. The fraction of sp³-hybridized carbons (Fsp3) is 0.484. The van der Waals surface area contributed by atoms with Gasteiger partial charge in [-0.2, -0.15) is 0 Å². The van der Waals surface area contributed by atoms with Crippen LogP contribution in [0, 0.1) is 5.92 Å². The van der Waals surface area contributed by atoms with Crippen molar-refractivity contribution < 1.29 is 0 Å². The van der Waals surface area contributed by atoms with Crippen LogP contribution < -0.4 is 10.6 Å². The Morgan fingerprint density at radius 1 is 1.00 bits per heavy atom. The van der Waals surface area contributed by atoms with Gasteiger partial charge in [-0.05, 0) is 87.5 Å². The molecule has 6 rings (SSSR count). The summed E-state index contributed by atoms with van der Waals surface area (Å²) in [6, 6.07) is 12.8. The summed E-state index contributed by atoms with van der Waals surface area (Å²) in [4.78, 5) is 12.5. The normalized spacial score (nSPS) is 21.6. The lowest BCUT2D eigenvalue weighted by molar-refractivity contribution is 0.355. The van der Waals surface area contributed by atoms with Crippen molar-refractivity contribution in [1.82, 2.24) is 9.88 Å². The van der Waals surface area contributed by atoms with Gasteiger partial charge in [0.05, 0.1) is 12.1 Å². The fourth-order valence-corrected chi connectivity index (χ4v) is 6.86. The summed E-state index contributed by atoms with van der Waals surface area (Å²) in [6.45, 7) is 3.58. The van der Waals surface area contributed by atoms with Gasteiger partial charge >= 0.3 is 0 Å². The number of aliphatic imine (C=N–C) groups is 1. The molecule has 2 unspecified atom stereocenters. The average Bonchev–Trinajstić information content (AvgIpc) is 2.92. The number of pyridine rings is 1. The van der Waals surface area contributed by atoms with Gasteiger partial charge in [-0.15, -0.1) is 0 Å². The van der Waals surface area contributed by atoms with E-state index in [1.54, 1.807) is 0 Å². The molecule has 2 N–H and O–H groups in total. The van der Waals surface area contributed by atoms with E-state index in [9.17, 15) is 0 Å². The molecule has 5 nitrogen and oxygen atoms in total. The van der Waals surface area contributed by atoms with E-state index in [1.807, 2.05) is 18.2 Å². The Morgan fingerprint density at radius 2 is 1.82 bits per heavy atom. The molecule has 3 aromatic rings. The van der Waals surface area contributed by atoms with Crippen LogP contribution in [0.4, 0.5) is 11.4 Å². The highest BCUT2D eigenvalue weighted by Crippen LogP contribution is 2.38. The van der Waals surface area contributed by atoms with Gasteiger partial charge in [-0.25, -0.2) is 0 Å². The molecule has 0 saturated heterocycles. The molecule has 2 aliphatic carbocycles. The van der Waals surface area contributed by atoms with Gasteiger partial charge < -0.3 is 15.5 Å². The number of anilines is 2. The van der Waals surface area contributed by atoms with Crippen molar-refractivity contribution in [1.29, 1.82) is 0 Å². The average molecular weight is 551 g/mol. The highest BCUT2D eigenvalue weighted by Gasteiger charge is 2.35. The number of hydrogen-bond donors (Lipinski definition) is 2.